The molecule has 1 amide bonds. The van der Waals surface area contributed by atoms with E-state index in [4.69, 9.17) is 9.84 Å². The Hall–Kier alpha value is -1.05. The van der Waals surface area contributed by atoms with E-state index >= 15 is 0 Å². The van der Waals surface area contributed by atoms with Crippen LogP contribution < -0.4 is 5.32 Å². The second kappa shape index (κ2) is 7.59. The van der Waals surface area contributed by atoms with Gasteiger partial charge in [-0.2, -0.15) is 0 Å². The Morgan fingerprint density at radius 3 is 2.85 bits per heavy atom. The zero-order chi connectivity index (χ0) is 10.1. The third kappa shape index (κ3) is 6.14. The molecule has 0 aliphatic rings. The van der Waals surface area contributed by atoms with E-state index < -0.39 is 0 Å². The highest BCUT2D eigenvalue weighted by Gasteiger charge is 2.09. The zero-order valence-corrected chi connectivity index (χ0v) is 7.96. The maximum absolute atomic E-state index is 11.0. The standard InChI is InChI=1S/C9H15NO3/c1-3-4-9(12)10-8(5-6-11)7-13-2/h8,11H,5-7H2,1-2H3,(H,10,12). The van der Waals surface area contributed by atoms with E-state index in [0.29, 0.717) is 13.0 Å². The van der Waals surface area contributed by atoms with E-state index in [1.807, 2.05) is 0 Å². The Kier molecular flexibility index (Phi) is 6.98. The SMILES string of the molecule is CC#CC(=O)NC(CCO)COC. The second-order valence-corrected chi connectivity index (χ2v) is 2.51. The molecule has 0 aliphatic carbocycles. The molecule has 13 heavy (non-hydrogen) atoms. The summed E-state index contributed by atoms with van der Waals surface area (Å²) in [6.07, 6.45) is 0.477. The molecule has 74 valence electrons. The van der Waals surface area contributed by atoms with Crippen LogP contribution in [-0.4, -0.2) is 37.4 Å². The van der Waals surface area contributed by atoms with Gasteiger partial charge in [-0.1, -0.05) is 5.92 Å². The number of rotatable bonds is 5. The number of hydrogen-bond donors (Lipinski definition) is 2. The predicted molar refractivity (Wildman–Crippen MR) is 49.0 cm³/mol. The van der Waals surface area contributed by atoms with Crippen molar-refractivity contribution in [2.45, 2.75) is 19.4 Å². The number of hydrogen-bond acceptors (Lipinski definition) is 3. The number of aliphatic hydroxyl groups is 1. The maximum Gasteiger partial charge on any atom is 0.296 e. The van der Waals surface area contributed by atoms with E-state index in [9.17, 15) is 4.79 Å². The lowest BCUT2D eigenvalue weighted by Crippen LogP contribution is -2.37. The molecule has 0 aromatic carbocycles. The van der Waals surface area contributed by atoms with Crippen LogP contribution in [0.3, 0.4) is 0 Å². The van der Waals surface area contributed by atoms with Gasteiger partial charge in [0.15, 0.2) is 0 Å². The highest BCUT2D eigenvalue weighted by Crippen LogP contribution is 1.91. The van der Waals surface area contributed by atoms with Crippen molar-refractivity contribution in [3.63, 3.8) is 0 Å². The summed E-state index contributed by atoms with van der Waals surface area (Å²) in [4.78, 5) is 11.0. The van der Waals surface area contributed by atoms with E-state index in [-0.39, 0.29) is 18.6 Å². The summed E-state index contributed by atoms with van der Waals surface area (Å²) in [5, 5.41) is 11.3. The van der Waals surface area contributed by atoms with Crippen molar-refractivity contribution in [3.8, 4) is 11.8 Å². The van der Waals surface area contributed by atoms with Crippen molar-refractivity contribution in [1.82, 2.24) is 5.32 Å². The Balaban J connectivity index is 3.90. The van der Waals surface area contributed by atoms with Gasteiger partial charge in [-0.05, 0) is 19.3 Å². The Bertz CT molecular complexity index is 199. The van der Waals surface area contributed by atoms with Crippen molar-refractivity contribution in [2.24, 2.45) is 0 Å². The molecule has 0 fully saturated rings. The van der Waals surface area contributed by atoms with Gasteiger partial charge in [0.1, 0.15) is 0 Å². The molecule has 0 aliphatic heterocycles. The zero-order valence-electron chi connectivity index (χ0n) is 7.96. The molecular weight excluding hydrogens is 170 g/mol. The fraction of sp³-hybridized carbons (Fsp3) is 0.667. The van der Waals surface area contributed by atoms with Crippen molar-refractivity contribution in [1.29, 1.82) is 0 Å². The summed E-state index contributed by atoms with van der Waals surface area (Å²) < 4.78 is 4.86. The van der Waals surface area contributed by atoms with Gasteiger partial charge in [-0.25, -0.2) is 0 Å². The number of methoxy groups -OCH3 is 1. The molecule has 0 aromatic heterocycles. The van der Waals surface area contributed by atoms with Crippen LogP contribution in [0.4, 0.5) is 0 Å². The summed E-state index contributed by atoms with van der Waals surface area (Å²) in [6, 6.07) is -0.164. The van der Waals surface area contributed by atoms with Gasteiger partial charge in [0.05, 0.1) is 12.6 Å². The van der Waals surface area contributed by atoms with Crippen molar-refractivity contribution >= 4 is 5.91 Å². The molecule has 0 saturated carbocycles. The van der Waals surface area contributed by atoms with Gasteiger partial charge in [0.2, 0.25) is 0 Å². The topological polar surface area (TPSA) is 58.6 Å². The summed E-state index contributed by atoms with van der Waals surface area (Å²) in [6.45, 7) is 2.00. The average molecular weight is 185 g/mol. The van der Waals surface area contributed by atoms with Gasteiger partial charge in [-0.3, -0.25) is 4.79 Å². The van der Waals surface area contributed by atoms with Crippen LogP contribution >= 0.6 is 0 Å². The molecule has 2 N–H and O–H groups in total. The van der Waals surface area contributed by atoms with E-state index in [2.05, 4.69) is 17.2 Å². The predicted octanol–water partition coefficient (Wildman–Crippen LogP) is -0.477. The first-order valence-corrected chi connectivity index (χ1v) is 4.07. The largest absolute Gasteiger partial charge is 0.396 e. The Morgan fingerprint density at radius 1 is 1.69 bits per heavy atom. The molecule has 1 atom stereocenters. The fourth-order valence-electron chi connectivity index (χ4n) is 0.889. The van der Waals surface area contributed by atoms with Crippen LogP contribution in [0.25, 0.3) is 0 Å². The molecule has 0 spiro atoms. The number of carbonyl (C=O) groups excluding carboxylic acids is 1. The molecule has 0 saturated heterocycles. The summed E-state index contributed by atoms with van der Waals surface area (Å²) in [7, 11) is 1.54. The lowest BCUT2D eigenvalue weighted by molar-refractivity contribution is -0.116. The Morgan fingerprint density at radius 2 is 2.38 bits per heavy atom. The molecule has 0 bridgehead atoms. The number of nitrogens with one attached hydrogen (secondary N) is 1. The van der Waals surface area contributed by atoms with Crippen molar-refractivity contribution in [2.75, 3.05) is 20.3 Å². The van der Waals surface area contributed by atoms with Crippen molar-refractivity contribution < 1.29 is 14.6 Å². The monoisotopic (exact) mass is 185 g/mol. The van der Waals surface area contributed by atoms with Crippen molar-refractivity contribution in [3.05, 3.63) is 0 Å². The third-order valence-electron chi connectivity index (χ3n) is 1.42. The minimum Gasteiger partial charge on any atom is -0.396 e. The molecule has 0 radical (unpaired) electrons. The Labute approximate surface area is 78.3 Å². The van der Waals surface area contributed by atoms with Gasteiger partial charge in [-0.15, -0.1) is 0 Å². The van der Waals surface area contributed by atoms with Gasteiger partial charge < -0.3 is 15.2 Å². The summed E-state index contributed by atoms with van der Waals surface area (Å²) in [5.74, 6) is 4.51. The highest BCUT2D eigenvalue weighted by atomic mass is 16.5. The van der Waals surface area contributed by atoms with Crippen LogP contribution in [0.15, 0.2) is 0 Å². The van der Waals surface area contributed by atoms with E-state index in [0.717, 1.165) is 0 Å². The maximum atomic E-state index is 11.0. The molecule has 0 rings (SSSR count). The number of carbonyl (C=O) groups is 1. The van der Waals surface area contributed by atoms with Gasteiger partial charge in [0, 0.05) is 13.7 Å². The van der Waals surface area contributed by atoms with E-state index in [1.165, 1.54) is 0 Å². The minimum atomic E-state index is -0.335. The summed E-state index contributed by atoms with van der Waals surface area (Å²) in [5.41, 5.74) is 0. The third-order valence-corrected chi connectivity index (χ3v) is 1.42. The fourth-order valence-corrected chi connectivity index (χ4v) is 0.889. The van der Waals surface area contributed by atoms with Gasteiger partial charge >= 0.3 is 0 Å². The first kappa shape index (κ1) is 11.9. The molecule has 4 heteroatoms. The second-order valence-electron chi connectivity index (χ2n) is 2.51. The minimum absolute atomic E-state index is 0.0217. The lowest BCUT2D eigenvalue weighted by atomic mass is 10.2. The quantitative estimate of drug-likeness (QED) is 0.569. The van der Waals surface area contributed by atoms with E-state index in [1.54, 1.807) is 14.0 Å². The molecular formula is C9H15NO3. The number of ether oxygens (including phenoxy) is 1. The first-order chi connectivity index (χ1) is 6.24. The lowest BCUT2D eigenvalue weighted by Gasteiger charge is -2.14. The average Bonchev–Trinajstić information content (AvgIpc) is 2.05. The smallest absolute Gasteiger partial charge is 0.296 e. The summed E-state index contributed by atoms with van der Waals surface area (Å²) >= 11 is 0. The van der Waals surface area contributed by atoms with Crippen LogP contribution in [0, 0.1) is 11.8 Å². The number of amides is 1. The number of aliphatic hydroxyl groups excluding tert-OH is 1. The highest BCUT2D eigenvalue weighted by molar-refractivity contribution is 5.93. The molecule has 4 nitrogen and oxygen atoms in total. The first-order valence-electron chi connectivity index (χ1n) is 4.07. The van der Waals surface area contributed by atoms with Gasteiger partial charge in [0.25, 0.3) is 5.91 Å². The van der Waals surface area contributed by atoms with Crippen LogP contribution in [0.5, 0.6) is 0 Å². The molecule has 0 aromatic rings. The normalized spacial score (nSPS) is 11.3. The van der Waals surface area contributed by atoms with Crippen LogP contribution in [0.2, 0.25) is 0 Å². The molecule has 0 heterocycles. The molecule has 1 unspecified atom stereocenters. The van der Waals surface area contributed by atoms with Crippen LogP contribution in [-0.2, 0) is 9.53 Å². The van der Waals surface area contributed by atoms with Crippen LogP contribution in [0.1, 0.15) is 13.3 Å².